The van der Waals surface area contributed by atoms with Crippen LogP contribution in [0.25, 0.3) is 11.1 Å². The smallest absolute Gasteiger partial charge is 0.198 e. The van der Waals surface area contributed by atoms with Crippen molar-refractivity contribution >= 4 is 29.0 Å². The predicted molar refractivity (Wildman–Crippen MR) is 58.5 cm³/mol. The van der Waals surface area contributed by atoms with Crippen molar-refractivity contribution in [2.45, 2.75) is 19.8 Å². The summed E-state index contributed by atoms with van der Waals surface area (Å²) in [5, 5.41) is 0.359. The lowest BCUT2D eigenvalue weighted by molar-refractivity contribution is 0.112. The Morgan fingerprint density at radius 1 is 1.47 bits per heavy atom. The van der Waals surface area contributed by atoms with Gasteiger partial charge in [0.25, 0.3) is 0 Å². The first-order valence-corrected chi connectivity index (χ1v) is 5.05. The molecule has 15 heavy (non-hydrogen) atoms. The molecule has 0 bridgehead atoms. The number of halogens is 1. The summed E-state index contributed by atoms with van der Waals surface area (Å²) in [4.78, 5) is 14.9. The molecule has 0 aliphatic heterocycles. The van der Waals surface area contributed by atoms with E-state index in [0.717, 1.165) is 0 Å². The second-order valence-corrected chi connectivity index (χ2v) is 4.02. The first kappa shape index (κ1) is 10.2. The van der Waals surface area contributed by atoms with Crippen LogP contribution in [0.1, 0.15) is 36.0 Å². The highest BCUT2D eigenvalue weighted by molar-refractivity contribution is 6.37. The van der Waals surface area contributed by atoms with Crippen LogP contribution in [-0.2, 0) is 0 Å². The van der Waals surface area contributed by atoms with Gasteiger partial charge in [-0.1, -0.05) is 25.4 Å². The lowest BCUT2D eigenvalue weighted by Crippen LogP contribution is -1.86. The third kappa shape index (κ3) is 1.63. The van der Waals surface area contributed by atoms with E-state index in [1.165, 1.54) is 0 Å². The largest absolute Gasteiger partial charge is 0.440 e. The summed E-state index contributed by atoms with van der Waals surface area (Å²) < 4.78 is 5.50. The van der Waals surface area contributed by atoms with Gasteiger partial charge in [0.05, 0.1) is 5.02 Å². The van der Waals surface area contributed by atoms with Gasteiger partial charge in [0, 0.05) is 11.5 Å². The first-order valence-electron chi connectivity index (χ1n) is 4.67. The first-order chi connectivity index (χ1) is 7.13. The van der Waals surface area contributed by atoms with E-state index in [1.54, 1.807) is 12.1 Å². The molecule has 0 saturated heterocycles. The standard InChI is InChI=1S/C11H10ClNO2/c1-6(2)11-13-10-8(15-11)4-3-7(5-14)9(10)12/h3-6H,1-2H3. The van der Waals surface area contributed by atoms with Crippen molar-refractivity contribution in [3.8, 4) is 0 Å². The third-order valence-electron chi connectivity index (χ3n) is 2.17. The van der Waals surface area contributed by atoms with Gasteiger partial charge >= 0.3 is 0 Å². The molecule has 0 aliphatic carbocycles. The Bertz CT molecular complexity index is 517. The number of benzene rings is 1. The van der Waals surface area contributed by atoms with Crippen LogP contribution in [0.2, 0.25) is 5.02 Å². The summed E-state index contributed by atoms with van der Waals surface area (Å²) >= 11 is 6.01. The van der Waals surface area contributed by atoms with Crippen molar-refractivity contribution in [1.29, 1.82) is 0 Å². The average molecular weight is 224 g/mol. The monoisotopic (exact) mass is 223 g/mol. The van der Waals surface area contributed by atoms with Crippen LogP contribution in [0.3, 0.4) is 0 Å². The minimum Gasteiger partial charge on any atom is -0.440 e. The van der Waals surface area contributed by atoms with E-state index < -0.39 is 0 Å². The maximum atomic E-state index is 10.7. The van der Waals surface area contributed by atoms with Crippen molar-refractivity contribution in [3.05, 3.63) is 28.6 Å². The number of carbonyl (C=O) groups is 1. The van der Waals surface area contributed by atoms with Gasteiger partial charge in [-0.15, -0.1) is 0 Å². The summed E-state index contributed by atoms with van der Waals surface area (Å²) in [5.41, 5.74) is 1.62. The zero-order chi connectivity index (χ0) is 11.0. The van der Waals surface area contributed by atoms with Gasteiger partial charge in [0.2, 0.25) is 0 Å². The fourth-order valence-corrected chi connectivity index (χ4v) is 1.58. The topological polar surface area (TPSA) is 43.1 Å². The van der Waals surface area contributed by atoms with Crippen molar-refractivity contribution in [2.24, 2.45) is 0 Å². The van der Waals surface area contributed by atoms with E-state index in [0.29, 0.717) is 33.9 Å². The number of carbonyl (C=O) groups excluding carboxylic acids is 1. The molecule has 0 unspecified atom stereocenters. The Morgan fingerprint density at radius 2 is 2.20 bits per heavy atom. The molecule has 0 fully saturated rings. The molecule has 0 atom stereocenters. The zero-order valence-electron chi connectivity index (χ0n) is 8.45. The number of fused-ring (bicyclic) bond motifs is 1. The second-order valence-electron chi connectivity index (χ2n) is 3.64. The van der Waals surface area contributed by atoms with Crippen molar-refractivity contribution in [3.63, 3.8) is 0 Å². The van der Waals surface area contributed by atoms with Crippen LogP contribution in [0, 0.1) is 0 Å². The summed E-state index contributed by atoms with van der Waals surface area (Å²) in [6, 6.07) is 3.34. The molecule has 0 spiro atoms. The molecule has 0 radical (unpaired) electrons. The number of hydrogen-bond acceptors (Lipinski definition) is 3. The number of oxazole rings is 1. The normalized spacial score (nSPS) is 11.2. The Kier molecular flexibility index (Phi) is 2.49. The summed E-state index contributed by atoms with van der Waals surface area (Å²) in [5.74, 6) is 0.836. The van der Waals surface area contributed by atoms with Crippen molar-refractivity contribution < 1.29 is 9.21 Å². The molecule has 1 aromatic heterocycles. The van der Waals surface area contributed by atoms with E-state index >= 15 is 0 Å². The summed E-state index contributed by atoms with van der Waals surface area (Å²) in [7, 11) is 0. The van der Waals surface area contributed by atoms with Gasteiger partial charge in [-0.25, -0.2) is 4.98 Å². The Hall–Kier alpha value is -1.35. The summed E-state index contributed by atoms with van der Waals surface area (Å²) in [6.07, 6.45) is 0.714. The fourth-order valence-electron chi connectivity index (χ4n) is 1.33. The van der Waals surface area contributed by atoms with E-state index in [-0.39, 0.29) is 5.92 Å². The van der Waals surface area contributed by atoms with Gasteiger partial charge < -0.3 is 4.42 Å². The van der Waals surface area contributed by atoms with Crippen molar-refractivity contribution in [1.82, 2.24) is 4.98 Å². The third-order valence-corrected chi connectivity index (χ3v) is 2.56. The average Bonchev–Trinajstić information content (AvgIpc) is 2.63. The van der Waals surface area contributed by atoms with E-state index in [4.69, 9.17) is 16.0 Å². The molecule has 2 rings (SSSR count). The SMILES string of the molecule is CC(C)c1nc2c(Cl)c(C=O)ccc2o1. The molecule has 0 N–H and O–H groups in total. The molecular weight excluding hydrogens is 214 g/mol. The van der Waals surface area contributed by atoms with E-state index in [9.17, 15) is 4.79 Å². The maximum absolute atomic E-state index is 10.7. The van der Waals surface area contributed by atoms with Crippen LogP contribution in [0.15, 0.2) is 16.5 Å². The summed E-state index contributed by atoms with van der Waals surface area (Å²) in [6.45, 7) is 3.97. The van der Waals surface area contributed by atoms with E-state index in [1.807, 2.05) is 13.8 Å². The van der Waals surface area contributed by atoms with Gasteiger partial charge in [-0.2, -0.15) is 0 Å². The van der Waals surface area contributed by atoms with Gasteiger partial charge in [-0.05, 0) is 12.1 Å². The van der Waals surface area contributed by atoms with E-state index in [2.05, 4.69) is 4.98 Å². The second kappa shape index (κ2) is 3.66. The highest BCUT2D eigenvalue weighted by atomic mass is 35.5. The van der Waals surface area contributed by atoms with Gasteiger partial charge in [-0.3, -0.25) is 4.79 Å². The molecule has 78 valence electrons. The predicted octanol–water partition coefficient (Wildman–Crippen LogP) is 3.42. The molecule has 0 aliphatic rings. The van der Waals surface area contributed by atoms with Crippen molar-refractivity contribution in [2.75, 3.05) is 0 Å². The molecule has 1 aromatic carbocycles. The Morgan fingerprint density at radius 3 is 2.80 bits per heavy atom. The lowest BCUT2D eigenvalue weighted by Gasteiger charge is -1.93. The molecule has 4 heteroatoms. The molecule has 3 nitrogen and oxygen atoms in total. The molecule has 2 aromatic rings. The van der Waals surface area contributed by atoms with Gasteiger partial charge in [0.1, 0.15) is 5.52 Å². The molecule has 0 saturated carbocycles. The van der Waals surface area contributed by atoms with Gasteiger partial charge in [0.15, 0.2) is 17.8 Å². The molecule has 0 amide bonds. The number of nitrogens with zero attached hydrogens (tertiary/aromatic N) is 1. The number of aldehydes is 1. The van der Waals surface area contributed by atoms with Crippen LogP contribution < -0.4 is 0 Å². The minimum absolute atomic E-state index is 0.202. The zero-order valence-corrected chi connectivity index (χ0v) is 9.21. The highest BCUT2D eigenvalue weighted by Gasteiger charge is 2.13. The Balaban J connectivity index is 2.71. The minimum atomic E-state index is 0.202. The van der Waals surface area contributed by atoms with Crippen LogP contribution >= 0.6 is 11.6 Å². The number of hydrogen-bond donors (Lipinski definition) is 0. The number of rotatable bonds is 2. The highest BCUT2D eigenvalue weighted by Crippen LogP contribution is 2.28. The molecule has 1 heterocycles. The molecular formula is C11H10ClNO2. The maximum Gasteiger partial charge on any atom is 0.198 e. The lowest BCUT2D eigenvalue weighted by atomic mass is 10.2. The van der Waals surface area contributed by atoms with Crippen LogP contribution in [0.4, 0.5) is 0 Å². The van der Waals surface area contributed by atoms with Crippen LogP contribution in [0.5, 0.6) is 0 Å². The van der Waals surface area contributed by atoms with Crippen LogP contribution in [-0.4, -0.2) is 11.3 Å². The Labute approximate surface area is 92.1 Å². The number of aromatic nitrogens is 1. The fraction of sp³-hybridized carbons (Fsp3) is 0.273. The quantitative estimate of drug-likeness (QED) is 0.733.